The highest BCUT2D eigenvalue weighted by Gasteiger charge is 2.04. The van der Waals surface area contributed by atoms with Gasteiger partial charge in [0, 0.05) is 12.2 Å². The van der Waals surface area contributed by atoms with Crippen LogP contribution in [0.25, 0.3) is 0 Å². The van der Waals surface area contributed by atoms with Crippen LogP contribution in [0.3, 0.4) is 0 Å². The molecule has 2 aromatic rings. The number of ether oxygens (including phenoxy) is 1. The van der Waals surface area contributed by atoms with E-state index >= 15 is 0 Å². The number of benzene rings is 2. The Bertz CT molecular complexity index is 561. The molecule has 6 heteroatoms. The minimum atomic E-state index is -0.0399. The molecule has 2 aromatic carbocycles. The second-order valence-electron chi connectivity index (χ2n) is 4.35. The Hall–Kier alpha value is -2.11. The molecule has 0 bridgehead atoms. The van der Waals surface area contributed by atoms with Gasteiger partial charge in [0.15, 0.2) is 0 Å². The lowest BCUT2D eigenvalue weighted by atomic mass is 10.2. The predicted molar refractivity (Wildman–Crippen MR) is 86.1 cm³/mol. The van der Waals surface area contributed by atoms with Crippen LogP contribution in [0.15, 0.2) is 42.5 Å². The Morgan fingerprint density at radius 1 is 1.10 bits per heavy atom. The molecule has 0 heterocycles. The van der Waals surface area contributed by atoms with Crippen molar-refractivity contribution in [2.45, 2.75) is 6.54 Å². The average Bonchev–Trinajstić information content (AvgIpc) is 2.46. The molecule has 0 fully saturated rings. The van der Waals surface area contributed by atoms with Gasteiger partial charge in [-0.25, -0.2) is 0 Å². The van der Waals surface area contributed by atoms with Crippen molar-refractivity contribution in [3.63, 3.8) is 0 Å². The summed E-state index contributed by atoms with van der Waals surface area (Å²) >= 11 is 0. The van der Waals surface area contributed by atoms with Crippen molar-refractivity contribution < 1.29 is 14.9 Å². The molecule has 0 saturated heterocycles. The van der Waals surface area contributed by atoms with E-state index in [1.54, 1.807) is 30.3 Å². The Labute approximate surface area is 129 Å². The topological polar surface area (TPSA) is 87.7 Å². The first kappa shape index (κ1) is 16.9. The van der Waals surface area contributed by atoms with Gasteiger partial charge in [-0.05, 0) is 35.9 Å². The first-order chi connectivity index (χ1) is 9.69. The number of aliphatic hydroxyl groups excluding tert-OH is 1. The molecule has 0 amide bonds. The standard InChI is InChI=1S/C15H18N2O3.ClH/c16-12-3-6-15(20-8-7-18)14(9-12)17-10-11-1-4-13(19)5-2-11;/h1-6,9,17-19H,7-8,10,16H2;1H. The van der Waals surface area contributed by atoms with Crippen molar-refractivity contribution in [2.24, 2.45) is 0 Å². The predicted octanol–water partition coefficient (Wildman–Crippen LogP) is 2.38. The van der Waals surface area contributed by atoms with E-state index in [2.05, 4.69) is 5.32 Å². The highest BCUT2D eigenvalue weighted by atomic mass is 35.5. The summed E-state index contributed by atoms with van der Waals surface area (Å²) in [5.74, 6) is 0.886. The lowest BCUT2D eigenvalue weighted by Crippen LogP contribution is -2.06. The fourth-order valence-corrected chi connectivity index (χ4v) is 1.78. The largest absolute Gasteiger partial charge is 0.508 e. The van der Waals surface area contributed by atoms with Gasteiger partial charge in [0.25, 0.3) is 0 Å². The number of hydrogen-bond donors (Lipinski definition) is 4. The third kappa shape index (κ3) is 5.06. The summed E-state index contributed by atoms with van der Waals surface area (Å²) < 4.78 is 5.44. The molecule has 5 nitrogen and oxygen atoms in total. The summed E-state index contributed by atoms with van der Waals surface area (Å²) in [6.07, 6.45) is 0. The summed E-state index contributed by atoms with van der Waals surface area (Å²) in [4.78, 5) is 0. The van der Waals surface area contributed by atoms with E-state index in [1.165, 1.54) is 0 Å². The quantitative estimate of drug-likeness (QED) is 0.615. The molecule has 2 rings (SSSR count). The van der Waals surface area contributed by atoms with E-state index in [9.17, 15) is 5.11 Å². The molecule has 0 aliphatic rings. The SMILES string of the molecule is Cl.Nc1ccc(OCCO)c(NCc2ccc(O)cc2)c1. The third-order valence-corrected chi connectivity index (χ3v) is 2.77. The van der Waals surface area contributed by atoms with E-state index < -0.39 is 0 Å². The molecule has 0 atom stereocenters. The zero-order valence-electron chi connectivity index (χ0n) is 11.5. The van der Waals surface area contributed by atoms with Crippen molar-refractivity contribution >= 4 is 23.8 Å². The molecule has 0 radical (unpaired) electrons. The number of phenols is 1. The monoisotopic (exact) mass is 310 g/mol. The number of aromatic hydroxyl groups is 1. The molecule has 0 aliphatic heterocycles. The molecule has 0 aromatic heterocycles. The Morgan fingerprint density at radius 2 is 1.81 bits per heavy atom. The van der Waals surface area contributed by atoms with Crippen molar-refractivity contribution in [1.29, 1.82) is 0 Å². The molecule has 114 valence electrons. The van der Waals surface area contributed by atoms with Gasteiger partial charge in [0.2, 0.25) is 0 Å². The van der Waals surface area contributed by atoms with E-state index in [1.807, 2.05) is 12.1 Å². The lowest BCUT2D eigenvalue weighted by Gasteiger charge is -2.13. The highest BCUT2D eigenvalue weighted by Crippen LogP contribution is 2.27. The highest BCUT2D eigenvalue weighted by molar-refractivity contribution is 5.85. The third-order valence-electron chi connectivity index (χ3n) is 2.77. The second-order valence-corrected chi connectivity index (χ2v) is 4.35. The summed E-state index contributed by atoms with van der Waals surface area (Å²) in [5, 5.41) is 21.3. The van der Waals surface area contributed by atoms with Crippen LogP contribution in [-0.4, -0.2) is 23.4 Å². The van der Waals surface area contributed by atoms with Crippen LogP contribution in [-0.2, 0) is 6.54 Å². The molecule has 0 unspecified atom stereocenters. The summed E-state index contributed by atoms with van der Waals surface area (Å²) in [6, 6.07) is 12.3. The summed E-state index contributed by atoms with van der Waals surface area (Å²) in [5.41, 5.74) is 8.20. The van der Waals surface area contributed by atoms with Gasteiger partial charge in [-0.1, -0.05) is 12.1 Å². The van der Waals surface area contributed by atoms with Crippen LogP contribution in [0.1, 0.15) is 5.56 Å². The van der Waals surface area contributed by atoms with Crippen molar-refractivity contribution in [3.05, 3.63) is 48.0 Å². The van der Waals surface area contributed by atoms with Crippen LogP contribution < -0.4 is 15.8 Å². The second kappa shape index (κ2) is 8.24. The van der Waals surface area contributed by atoms with Crippen LogP contribution in [0.5, 0.6) is 11.5 Å². The van der Waals surface area contributed by atoms with E-state index in [4.69, 9.17) is 15.6 Å². The smallest absolute Gasteiger partial charge is 0.142 e. The zero-order valence-corrected chi connectivity index (χ0v) is 12.3. The molecule has 0 saturated carbocycles. The zero-order chi connectivity index (χ0) is 14.4. The number of halogens is 1. The van der Waals surface area contributed by atoms with Gasteiger partial charge >= 0.3 is 0 Å². The van der Waals surface area contributed by atoms with Gasteiger partial charge in [0.05, 0.1) is 12.3 Å². The number of aliphatic hydroxyl groups is 1. The fraction of sp³-hybridized carbons (Fsp3) is 0.200. The maximum absolute atomic E-state index is 9.24. The van der Waals surface area contributed by atoms with Gasteiger partial charge in [-0.15, -0.1) is 12.4 Å². The minimum absolute atomic E-state index is 0. The summed E-state index contributed by atoms with van der Waals surface area (Å²) in [7, 11) is 0. The molecular weight excluding hydrogens is 292 g/mol. The van der Waals surface area contributed by atoms with Gasteiger partial charge in [-0.2, -0.15) is 0 Å². The molecule has 21 heavy (non-hydrogen) atoms. The van der Waals surface area contributed by atoms with Gasteiger partial charge in [-0.3, -0.25) is 0 Å². The number of nitrogens with one attached hydrogen (secondary N) is 1. The molecule has 0 aliphatic carbocycles. The van der Waals surface area contributed by atoms with Gasteiger partial charge in [0.1, 0.15) is 18.1 Å². The van der Waals surface area contributed by atoms with Crippen LogP contribution in [0.4, 0.5) is 11.4 Å². The number of nitrogens with two attached hydrogens (primary N) is 1. The lowest BCUT2D eigenvalue weighted by molar-refractivity contribution is 0.202. The maximum atomic E-state index is 9.24. The number of anilines is 2. The normalized spacial score (nSPS) is 9.76. The fourth-order valence-electron chi connectivity index (χ4n) is 1.78. The summed E-state index contributed by atoms with van der Waals surface area (Å²) in [6.45, 7) is 0.777. The van der Waals surface area contributed by atoms with E-state index in [-0.39, 0.29) is 31.4 Å². The van der Waals surface area contributed by atoms with Crippen molar-refractivity contribution in [2.75, 3.05) is 24.3 Å². The van der Waals surface area contributed by atoms with Crippen LogP contribution >= 0.6 is 12.4 Å². The van der Waals surface area contributed by atoms with E-state index in [0.717, 1.165) is 11.3 Å². The maximum Gasteiger partial charge on any atom is 0.142 e. The first-order valence-corrected chi connectivity index (χ1v) is 6.34. The number of rotatable bonds is 6. The Balaban J connectivity index is 0.00000220. The molecule has 0 spiro atoms. The Morgan fingerprint density at radius 3 is 2.48 bits per heavy atom. The van der Waals surface area contributed by atoms with Crippen LogP contribution in [0.2, 0.25) is 0 Å². The Kier molecular flexibility index (Phi) is 6.65. The number of phenolic OH excluding ortho intramolecular Hbond substituents is 1. The van der Waals surface area contributed by atoms with Crippen molar-refractivity contribution in [1.82, 2.24) is 0 Å². The number of nitrogen functional groups attached to an aromatic ring is 1. The van der Waals surface area contributed by atoms with Gasteiger partial charge < -0.3 is 26.0 Å². The van der Waals surface area contributed by atoms with E-state index in [0.29, 0.717) is 18.0 Å². The number of hydrogen-bond acceptors (Lipinski definition) is 5. The molecule has 5 N–H and O–H groups in total. The minimum Gasteiger partial charge on any atom is -0.508 e. The average molecular weight is 311 g/mol. The van der Waals surface area contributed by atoms with Crippen LogP contribution in [0, 0.1) is 0 Å². The molecular formula is C15H19ClN2O3. The first-order valence-electron chi connectivity index (χ1n) is 6.34. The van der Waals surface area contributed by atoms with Crippen molar-refractivity contribution in [3.8, 4) is 11.5 Å².